The van der Waals surface area contributed by atoms with Crippen molar-refractivity contribution in [3.8, 4) is 0 Å². The highest BCUT2D eigenvalue weighted by atomic mass is 35.5. The minimum atomic E-state index is -0.0485. The van der Waals surface area contributed by atoms with Crippen molar-refractivity contribution in [3.63, 3.8) is 0 Å². The number of anilines is 1. The van der Waals surface area contributed by atoms with E-state index in [1.54, 1.807) is 29.5 Å². The maximum Gasteiger partial charge on any atom is 0.262 e. The average Bonchev–Trinajstić information content (AvgIpc) is 2.91. The van der Waals surface area contributed by atoms with E-state index in [9.17, 15) is 4.79 Å². The van der Waals surface area contributed by atoms with E-state index in [0.717, 1.165) is 22.3 Å². The van der Waals surface area contributed by atoms with E-state index >= 15 is 0 Å². The van der Waals surface area contributed by atoms with Crippen LogP contribution in [0.4, 0.5) is 5.69 Å². The second-order valence-corrected chi connectivity index (χ2v) is 9.05. The van der Waals surface area contributed by atoms with Gasteiger partial charge in [-0.25, -0.2) is 0 Å². The van der Waals surface area contributed by atoms with Crippen LogP contribution in [0.3, 0.4) is 0 Å². The lowest BCUT2D eigenvalue weighted by molar-refractivity contribution is -0.112. The summed E-state index contributed by atoms with van der Waals surface area (Å²) in [5.41, 5.74) is 3.76. The summed E-state index contributed by atoms with van der Waals surface area (Å²) in [7, 11) is 0. The molecule has 2 aliphatic rings. The van der Waals surface area contributed by atoms with Crippen molar-refractivity contribution in [2.75, 3.05) is 5.32 Å². The Hall–Kier alpha value is -1.23. The van der Waals surface area contributed by atoms with Gasteiger partial charge < -0.3 is 5.32 Å². The molecule has 0 saturated heterocycles. The van der Waals surface area contributed by atoms with Crippen molar-refractivity contribution in [1.82, 2.24) is 0 Å². The number of thioether (sulfide) groups is 1. The molecule has 2 heterocycles. The predicted molar refractivity (Wildman–Crippen MR) is 105 cm³/mol. The lowest BCUT2D eigenvalue weighted by Gasteiger charge is -2.19. The Kier molecular flexibility index (Phi) is 4.46. The van der Waals surface area contributed by atoms with Crippen molar-refractivity contribution >= 4 is 52.4 Å². The van der Waals surface area contributed by atoms with E-state index in [0.29, 0.717) is 5.02 Å². The summed E-state index contributed by atoms with van der Waals surface area (Å²) < 4.78 is 0. The van der Waals surface area contributed by atoms with Crippen molar-refractivity contribution in [1.29, 1.82) is 0 Å². The molecule has 2 aromatic rings. The molecule has 5 heteroatoms. The van der Waals surface area contributed by atoms with E-state index in [1.807, 2.05) is 23.5 Å². The average molecular weight is 376 g/mol. The van der Waals surface area contributed by atoms with Crippen LogP contribution in [-0.2, 0) is 23.4 Å². The van der Waals surface area contributed by atoms with Crippen LogP contribution < -0.4 is 5.32 Å². The Morgan fingerprint density at radius 3 is 3.04 bits per heavy atom. The molecule has 0 fully saturated rings. The summed E-state index contributed by atoms with van der Waals surface area (Å²) in [4.78, 5) is 16.1. The molecule has 1 N–H and O–H groups in total. The number of benzene rings is 1. The van der Waals surface area contributed by atoms with Crippen LogP contribution >= 0.6 is 34.7 Å². The van der Waals surface area contributed by atoms with Crippen molar-refractivity contribution < 1.29 is 4.79 Å². The van der Waals surface area contributed by atoms with Gasteiger partial charge in [-0.2, -0.15) is 0 Å². The Morgan fingerprint density at radius 1 is 1.33 bits per heavy atom. The zero-order valence-electron chi connectivity index (χ0n) is 13.4. The van der Waals surface area contributed by atoms with Gasteiger partial charge in [0.25, 0.3) is 5.91 Å². The number of nitrogens with one attached hydrogen (secondary N) is 1. The van der Waals surface area contributed by atoms with Crippen LogP contribution in [0.2, 0.25) is 5.02 Å². The third kappa shape index (κ3) is 3.15. The zero-order valence-corrected chi connectivity index (χ0v) is 15.8. The second-order valence-electron chi connectivity index (χ2n) is 6.46. The van der Waals surface area contributed by atoms with E-state index < -0.39 is 0 Å². The summed E-state index contributed by atoms with van der Waals surface area (Å²) in [5, 5.41) is 3.57. The first-order chi connectivity index (χ1) is 11.6. The molecule has 0 bridgehead atoms. The molecule has 1 atom stereocenters. The highest BCUT2D eigenvalue weighted by Crippen LogP contribution is 2.43. The Balaban J connectivity index is 1.57. The van der Waals surface area contributed by atoms with E-state index in [4.69, 9.17) is 11.6 Å². The van der Waals surface area contributed by atoms with Gasteiger partial charge in [-0.1, -0.05) is 24.6 Å². The maximum absolute atomic E-state index is 12.5. The van der Waals surface area contributed by atoms with Gasteiger partial charge in [0, 0.05) is 26.2 Å². The van der Waals surface area contributed by atoms with Gasteiger partial charge in [-0.05, 0) is 60.6 Å². The first kappa shape index (κ1) is 16.2. The van der Waals surface area contributed by atoms with Gasteiger partial charge in [0.15, 0.2) is 0 Å². The van der Waals surface area contributed by atoms with Crippen molar-refractivity contribution in [3.05, 3.63) is 55.1 Å². The topological polar surface area (TPSA) is 29.1 Å². The van der Waals surface area contributed by atoms with Crippen LogP contribution in [0.25, 0.3) is 6.08 Å². The third-order valence-corrected chi connectivity index (χ3v) is 7.12. The number of fused-ring (bicyclic) bond motifs is 3. The molecule has 1 unspecified atom stereocenters. The monoisotopic (exact) mass is 375 g/mol. The van der Waals surface area contributed by atoms with Crippen molar-refractivity contribution in [2.24, 2.45) is 5.92 Å². The summed E-state index contributed by atoms with van der Waals surface area (Å²) in [6.45, 7) is 2.33. The first-order valence-corrected chi connectivity index (χ1v) is 10.3. The Labute approximate surface area is 155 Å². The molecule has 0 saturated carbocycles. The van der Waals surface area contributed by atoms with E-state index in [2.05, 4.69) is 18.3 Å². The largest absolute Gasteiger partial charge is 0.321 e. The van der Waals surface area contributed by atoms with Crippen LogP contribution in [-0.4, -0.2) is 5.91 Å². The van der Waals surface area contributed by atoms with Crippen molar-refractivity contribution in [2.45, 2.75) is 31.9 Å². The van der Waals surface area contributed by atoms with Gasteiger partial charge >= 0.3 is 0 Å². The molecule has 0 spiro atoms. The number of amides is 1. The number of carbonyl (C=O) groups is 1. The highest BCUT2D eigenvalue weighted by Gasteiger charge is 2.26. The molecule has 1 aromatic carbocycles. The van der Waals surface area contributed by atoms with Crippen LogP contribution in [0.5, 0.6) is 0 Å². The van der Waals surface area contributed by atoms with Gasteiger partial charge in [0.05, 0.1) is 4.91 Å². The number of hydrogen-bond donors (Lipinski definition) is 1. The lowest BCUT2D eigenvalue weighted by Crippen LogP contribution is -2.14. The van der Waals surface area contributed by atoms with Gasteiger partial charge in [0.1, 0.15) is 0 Å². The molecule has 1 amide bonds. The fraction of sp³-hybridized carbons (Fsp3) is 0.316. The zero-order chi connectivity index (χ0) is 16.7. The molecular weight excluding hydrogens is 358 g/mol. The van der Waals surface area contributed by atoms with Crippen LogP contribution in [0.15, 0.2) is 29.2 Å². The number of halogens is 1. The molecule has 24 heavy (non-hydrogen) atoms. The standard InChI is InChI=1S/C19H18ClNOS2/c1-11-5-6-14-15-10-23-18(9-17(15)24-16(14)7-11)19(22)21-13-4-2-3-12(20)8-13/h2-4,8-9,11H,5-7,10H2,1H3,(H,21,22). The molecule has 2 nitrogen and oxygen atoms in total. The predicted octanol–water partition coefficient (Wildman–Crippen LogP) is 5.75. The first-order valence-electron chi connectivity index (χ1n) is 8.15. The fourth-order valence-corrected chi connectivity index (χ4v) is 6.16. The molecule has 1 aromatic heterocycles. The quantitative estimate of drug-likeness (QED) is 0.723. The normalized spacial score (nSPS) is 19.2. The molecule has 0 radical (unpaired) electrons. The number of rotatable bonds is 2. The molecule has 1 aliphatic heterocycles. The number of hydrogen-bond acceptors (Lipinski definition) is 3. The second kappa shape index (κ2) is 6.58. The Morgan fingerprint density at radius 2 is 2.21 bits per heavy atom. The van der Waals surface area contributed by atoms with Gasteiger partial charge in [-0.15, -0.1) is 23.1 Å². The minimum Gasteiger partial charge on any atom is -0.321 e. The SMILES string of the molecule is CC1CCc2c(sc3c2CSC(C(=O)Nc2cccc(Cl)c2)=C3)C1. The molecule has 4 rings (SSSR count). The van der Waals surface area contributed by atoms with E-state index in [1.165, 1.54) is 34.6 Å². The summed E-state index contributed by atoms with van der Waals surface area (Å²) >= 11 is 9.50. The van der Waals surface area contributed by atoms with Gasteiger partial charge in [-0.3, -0.25) is 4.79 Å². The minimum absolute atomic E-state index is 0.0485. The summed E-state index contributed by atoms with van der Waals surface area (Å²) in [5.74, 6) is 1.64. The third-order valence-electron chi connectivity index (χ3n) is 4.59. The molecule has 1 aliphatic carbocycles. The maximum atomic E-state index is 12.5. The summed E-state index contributed by atoms with van der Waals surface area (Å²) in [6, 6.07) is 7.26. The Bertz CT molecular complexity index is 840. The molecule has 124 valence electrons. The lowest BCUT2D eigenvalue weighted by atomic mass is 9.88. The van der Waals surface area contributed by atoms with E-state index in [-0.39, 0.29) is 5.91 Å². The smallest absolute Gasteiger partial charge is 0.262 e. The highest BCUT2D eigenvalue weighted by molar-refractivity contribution is 8.03. The number of carbonyl (C=O) groups excluding carboxylic acids is 1. The molecular formula is C19H18ClNOS2. The van der Waals surface area contributed by atoms with Crippen LogP contribution in [0, 0.1) is 5.92 Å². The van der Waals surface area contributed by atoms with Gasteiger partial charge in [0.2, 0.25) is 0 Å². The number of thiophene rings is 1. The fourth-order valence-electron chi connectivity index (χ4n) is 3.31. The summed E-state index contributed by atoms with van der Waals surface area (Å²) in [6.07, 6.45) is 5.74. The van der Waals surface area contributed by atoms with Crippen LogP contribution in [0.1, 0.15) is 34.2 Å².